The van der Waals surface area contributed by atoms with Crippen LogP contribution in [0.15, 0.2) is 23.6 Å². The lowest BCUT2D eigenvalue weighted by molar-refractivity contribution is 0.583. The average molecular weight is 186 g/mol. The normalized spacial score (nSPS) is 11.9. The molecule has 1 aromatic heterocycles. The molecule has 0 aliphatic rings. The van der Waals surface area contributed by atoms with Crippen molar-refractivity contribution in [3.8, 4) is 0 Å². The van der Waals surface area contributed by atoms with E-state index in [1.54, 1.807) is 13.8 Å². The minimum atomic E-state index is -3.23. The lowest BCUT2D eigenvalue weighted by Gasteiger charge is -2.04. The van der Waals surface area contributed by atoms with E-state index in [4.69, 9.17) is 0 Å². The van der Waals surface area contributed by atoms with Gasteiger partial charge in [-0.2, -0.15) is 0 Å². The van der Waals surface area contributed by atoms with Gasteiger partial charge in [-0.15, -0.1) is 0 Å². The number of hydrogen-bond acceptors (Lipinski definition) is 4. The van der Waals surface area contributed by atoms with Crippen molar-refractivity contribution in [2.75, 3.05) is 0 Å². The Balaban J connectivity index is 3.17. The molecule has 0 aromatic carbocycles. The number of hydrogen-bond donors (Lipinski definition) is 0. The third-order valence-corrected chi connectivity index (χ3v) is 3.53. The zero-order valence-corrected chi connectivity index (χ0v) is 7.75. The molecule has 0 N–H and O–H groups in total. The molecular weight excluding hydrogens is 176 g/mol. The highest BCUT2D eigenvalue weighted by atomic mass is 32.2. The summed E-state index contributed by atoms with van der Waals surface area (Å²) in [4.78, 5) is 7.32. The standard InChI is InChI=1S/C7H10N2O2S/c1-6(2)12(10,11)7-3-4-8-5-9-7/h3-6H,1-2H3. The first-order valence-corrected chi connectivity index (χ1v) is 5.09. The van der Waals surface area contributed by atoms with E-state index < -0.39 is 15.1 Å². The highest BCUT2D eigenvalue weighted by molar-refractivity contribution is 7.91. The topological polar surface area (TPSA) is 59.9 Å². The molecule has 1 heterocycles. The molecule has 4 nitrogen and oxygen atoms in total. The third-order valence-electron chi connectivity index (χ3n) is 1.47. The van der Waals surface area contributed by atoms with E-state index >= 15 is 0 Å². The van der Waals surface area contributed by atoms with Gasteiger partial charge in [-0.1, -0.05) is 0 Å². The van der Waals surface area contributed by atoms with E-state index in [9.17, 15) is 8.42 Å². The summed E-state index contributed by atoms with van der Waals surface area (Å²) in [6, 6.07) is 1.40. The molecule has 1 rings (SSSR count). The van der Waals surface area contributed by atoms with Crippen molar-refractivity contribution in [1.29, 1.82) is 0 Å². The van der Waals surface area contributed by atoms with E-state index in [0.29, 0.717) is 0 Å². The van der Waals surface area contributed by atoms with Crippen LogP contribution in [0.2, 0.25) is 0 Å². The molecule has 0 aliphatic heterocycles. The molecule has 0 unspecified atom stereocenters. The van der Waals surface area contributed by atoms with Gasteiger partial charge >= 0.3 is 0 Å². The van der Waals surface area contributed by atoms with Gasteiger partial charge in [0.25, 0.3) is 0 Å². The van der Waals surface area contributed by atoms with Crippen molar-refractivity contribution in [2.45, 2.75) is 24.1 Å². The Morgan fingerprint density at radius 3 is 2.50 bits per heavy atom. The molecule has 0 bridgehead atoms. The molecule has 0 saturated heterocycles. The fourth-order valence-electron chi connectivity index (χ4n) is 0.688. The van der Waals surface area contributed by atoms with E-state index in [0.717, 1.165) is 0 Å². The number of nitrogens with zero attached hydrogens (tertiary/aromatic N) is 2. The Morgan fingerprint density at radius 1 is 1.42 bits per heavy atom. The van der Waals surface area contributed by atoms with Gasteiger partial charge in [-0.25, -0.2) is 18.4 Å². The van der Waals surface area contributed by atoms with Crippen molar-refractivity contribution >= 4 is 9.84 Å². The van der Waals surface area contributed by atoms with Crippen LogP contribution in [0.3, 0.4) is 0 Å². The van der Waals surface area contributed by atoms with Crippen LogP contribution in [0.1, 0.15) is 13.8 Å². The van der Waals surface area contributed by atoms with Crippen LogP contribution in [0, 0.1) is 0 Å². The number of aromatic nitrogens is 2. The van der Waals surface area contributed by atoms with E-state index in [2.05, 4.69) is 9.97 Å². The minimum Gasteiger partial charge on any atom is -0.245 e. The molecule has 0 atom stereocenters. The zero-order valence-electron chi connectivity index (χ0n) is 6.93. The Morgan fingerprint density at radius 2 is 2.08 bits per heavy atom. The fourth-order valence-corrected chi connectivity index (χ4v) is 1.62. The second kappa shape index (κ2) is 3.18. The van der Waals surface area contributed by atoms with Gasteiger partial charge in [0.15, 0.2) is 14.9 Å². The van der Waals surface area contributed by atoms with Gasteiger partial charge in [-0.05, 0) is 19.9 Å². The molecule has 0 radical (unpaired) electrons. The maximum atomic E-state index is 11.4. The Labute approximate surface area is 71.6 Å². The van der Waals surface area contributed by atoms with Gasteiger partial charge in [-0.3, -0.25) is 0 Å². The molecule has 0 aliphatic carbocycles. The van der Waals surface area contributed by atoms with Gasteiger partial charge in [0.2, 0.25) is 0 Å². The van der Waals surface area contributed by atoms with Gasteiger partial charge in [0.05, 0.1) is 5.25 Å². The van der Waals surface area contributed by atoms with Crippen LogP contribution in [-0.4, -0.2) is 23.6 Å². The second-order valence-electron chi connectivity index (χ2n) is 2.64. The summed E-state index contributed by atoms with van der Waals surface area (Å²) < 4.78 is 22.9. The molecule has 12 heavy (non-hydrogen) atoms. The number of rotatable bonds is 2. The van der Waals surface area contributed by atoms with Crippen molar-refractivity contribution in [2.24, 2.45) is 0 Å². The number of sulfone groups is 1. The molecule has 0 fully saturated rings. The van der Waals surface area contributed by atoms with Crippen molar-refractivity contribution in [3.05, 3.63) is 18.6 Å². The fraction of sp³-hybridized carbons (Fsp3) is 0.429. The highest BCUT2D eigenvalue weighted by Gasteiger charge is 2.19. The smallest absolute Gasteiger partial charge is 0.198 e. The first-order chi connectivity index (χ1) is 5.55. The van der Waals surface area contributed by atoms with Crippen LogP contribution in [0.4, 0.5) is 0 Å². The molecule has 1 aromatic rings. The van der Waals surface area contributed by atoms with E-state index in [1.807, 2.05) is 0 Å². The lowest BCUT2D eigenvalue weighted by Crippen LogP contribution is -2.15. The van der Waals surface area contributed by atoms with Gasteiger partial charge < -0.3 is 0 Å². The quantitative estimate of drug-likeness (QED) is 0.636. The highest BCUT2D eigenvalue weighted by Crippen LogP contribution is 2.10. The molecule has 0 amide bonds. The Kier molecular flexibility index (Phi) is 2.42. The largest absolute Gasteiger partial charge is 0.245 e. The second-order valence-corrected chi connectivity index (χ2v) is 5.09. The van der Waals surface area contributed by atoms with Crippen molar-refractivity contribution in [1.82, 2.24) is 9.97 Å². The maximum Gasteiger partial charge on any atom is 0.198 e. The van der Waals surface area contributed by atoms with Gasteiger partial charge in [0, 0.05) is 6.20 Å². The molecule has 5 heteroatoms. The van der Waals surface area contributed by atoms with Crippen molar-refractivity contribution < 1.29 is 8.42 Å². The minimum absolute atomic E-state index is 0.0903. The molecule has 0 spiro atoms. The SMILES string of the molecule is CC(C)S(=O)(=O)c1ccncn1. The summed E-state index contributed by atoms with van der Waals surface area (Å²) in [7, 11) is -3.23. The van der Waals surface area contributed by atoms with Crippen LogP contribution in [0.5, 0.6) is 0 Å². The van der Waals surface area contributed by atoms with Crippen LogP contribution in [0.25, 0.3) is 0 Å². The van der Waals surface area contributed by atoms with E-state index in [-0.39, 0.29) is 5.03 Å². The summed E-state index contributed by atoms with van der Waals surface area (Å²) in [5, 5.41) is -0.347. The summed E-state index contributed by atoms with van der Waals surface area (Å²) in [6.45, 7) is 3.24. The van der Waals surface area contributed by atoms with Gasteiger partial charge in [0.1, 0.15) is 6.33 Å². The van der Waals surface area contributed by atoms with Crippen molar-refractivity contribution in [3.63, 3.8) is 0 Å². The molecule has 66 valence electrons. The summed E-state index contributed by atoms with van der Waals surface area (Å²) >= 11 is 0. The van der Waals surface area contributed by atoms with Crippen LogP contribution >= 0.6 is 0 Å². The Hall–Kier alpha value is -0.970. The predicted molar refractivity (Wildman–Crippen MR) is 44.4 cm³/mol. The zero-order chi connectivity index (χ0) is 9.19. The predicted octanol–water partition coefficient (Wildman–Crippen LogP) is 0.659. The summed E-state index contributed by atoms with van der Waals surface area (Å²) in [6.07, 6.45) is 2.65. The first kappa shape index (κ1) is 9.12. The third kappa shape index (κ3) is 1.61. The Bertz CT molecular complexity index is 345. The van der Waals surface area contributed by atoms with Crippen LogP contribution in [-0.2, 0) is 9.84 Å². The molecular formula is C7H10N2O2S. The molecule has 0 saturated carbocycles. The monoisotopic (exact) mass is 186 g/mol. The summed E-state index contributed by atoms with van der Waals surface area (Å²) in [5.41, 5.74) is 0. The summed E-state index contributed by atoms with van der Waals surface area (Å²) in [5.74, 6) is 0. The lowest BCUT2D eigenvalue weighted by atomic mass is 10.6. The first-order valence-electron chi connectivity index (χ1n) is 3.55. The average Bonchev–Trinajstić information content (AvgIpc) is 2.06. The van der Waals surface area contributed by atoms with Crippen LogP contribution < -0.4 is 0 Å². The van der Waals surface area contributed by atoms with E-state index in [1.165, 1.54) is 18.6 Å². The maximum absolute atomic E-state index is 11.4.